The molecule has 0 aromatic carbocycles. The highest BCUT2D eigenvalue weighted by Gasteiger charge is 2.33. The van der Waals surface area contributed by atoms with E-state index in [1.807, 2.05) is 4.90 Å². The van der Waals surface area contributed by atoms with Crippen LogP contribution in [0.2, 0.25) is 0 Å². The Labute approximate surface area is 109 Å². The van der Waals surface area contributed by atoms with Gasteiger partial charge in [-0.05, 0) is 6.42 Å². The van der Waals surface area contributed by atoms with E-state index in [0.29, 0.717) is 32.1 Å². The van der Waals surface area contributed by atoms with Crippen LogP contribution in [0.3, 0.4) is 0 Å². The molecule has 1 saturated heterocycles. The number of carboxylic acid groups (broad SMARTS) is 1. The molecule has 7 heteroatoms. The first-order valence-electron chi connectivity index (χ1n) is 6.07. The van der Waals surface area contributed by atoms with Crippen molar-refractivity contribution >= 4 is 11.9 Å². The van der Waals surface area contributed by atoms with Gasteiger partial charge in [0, 0.05) is 44.6 Å². The number of hydrogen-bond donors (Lipinski definition) is 1. The molecule has 0 aromatic rings. The Morgan fingerprint density at radius 3 is 2.47 bits per heavy atom. The number of carbonyl (C=O) groups is 2. The first-order valence-corrected chi connectivity index (χ1v) is 6.07. The van der Waals surface area contributed by atoms with Crippen molar-refractivity contribution in [2.45, 2.75) is 25.2 Å². The van der Waals surface area contributed by atoms with Gasteiger partial charge in [-0.3, -0.25) is 0 Å². The number of alkyl halides is 2. The van der Waals surface area contributed by atoms with Gasteiger partial charge in [0.1, 0.15) is 0 Å². The summed E-state index contributed by atoms with van der Waals surface area (Å²) in [5.74, 6) is -4.48. The van der Waals surface area contributed by atoms with E-state index < -0.39 is 17.9 Å². The molecule has 5 nitrogen and oxygen atoms in total. The fourth-order valence-corrected chi connectivity index (χ4v) is 1.75. The Morgan fingerprint density at radius 1 is 1.26 bits per heavy atom. The lowest BCUT2D eigenvalue weighted by molar-refractivity contribution is -0.139. The summed E-state index contributed by atoms with van der Waals surface area (Å²) in [6, 6.07) is 0. The average molecular weight is 277 g/mol. The van der Waals surface area contributed by atoms with E-state index >= 15 is 0 Å². The molecule has 1 aliphatic heterocycles. The van der Waals surface area contributed by atoms with Crippen molar-refractivity contribution in [1.29, 1.82) is 0 Å². The van der Waals surface area contributed by atoms with Gasteiger partial charge in [0.25, 0.3) is 5.92 Å². The van der Waals surface area contributed by atoms with E-state index in [1.165, 1.54) is 0 Å². The Kier molecular flexibility index (Phi) is 5.88. The Morgan fingerprint density at radius 2 is 1.89 bits per heavy atom. The van der Waals surface area contributed by atoms with Crippen LogP contribution in [-0.4, -0.2) is 54.1 Å². The molecule has 0 unspecified atom stereocenters. The van der Waals surface area contributed by atoms with Crippen LogP contribution in [0.1, 0.15) is 19.3 Å². The number of halogens is 2. The smallest absolute Gasteiger partial charge is 0.331 e. The molecule has 1 rings (SSSR count). The SMILES string of the molecule is O=C(O)/C=C/C(=O)OCCCN1CCC(F)(F)CC1. The van der Waals surface area contributed by atoms with E-state index in [-0.39, 0.29) is 19.4 Å². The zero-order chi connectivity index (χ0) is 14.3. The van der Waals surface area contributed by atoms with Crippen LogP contribution in [0.25, 0.3) is 0 Å². The van der Waals surface area contributed by atoms with E-state index in [1.54, 1.807) is 0 Å². The van der Waals surface area contributed by atoms with Crippen LogP contribution in [0.15, 0.2) is 12.2 Å². The highest BCUT2D eigenvalue weighted by Crippen LogP contribution is 2.27. The maximum Gasteiger partial charge on any atom is 0.331 e. The van der Waals surface area contributed by atoms with Crippen LogP contribution in [0.4, 0.5) is 8.78 Å². The van der Waals surface area contributed by atoms with Gasteiger partial charge < -0.3 is 14.7 Å². The number of piperidine rings is 1. The molecule has 0 spiro atoms. The number of esters is 1. The number of nitrogens with zero attached hydrogens (tertiary/aromatic N) is 1. The fourth-order valence-electron chi connectivity index (χ4n) is 1.75. The second-order valence-corrected chi connectivity index (χ2v) is 4.39. The summed E-state index contributed by atoms with van der Waals surface area (Å²) in [6.07, 6.45) is 1.82. The normalized spacial score (nSPS) is 19.5. The van der Waals surface area contributed by atoms with Crippen LogP contribution < -0.4 is 0 Å². The lowest BCUT2D eigenvalue weighted by Crippen LogP contribution is -2.40. The van der Waals surface area contributed by atoms with Crippen molar-refractivity contribution in [2.24, 2.45) is 0 Å². The Bertz CT molecular complexity index is 348. The van der Waals surface area contributed by atoms with Crippen LogP contribution in [-0.2, 0) is 14.3 Å². The summed E-state index contributed by atoms with van der Waals surface area (Å²) in [5, 5.41) is 8.28. The van der Waals surface area contributed by atoms with Crippen LogP contribution in [0.5, 0.6) is 0 Å². The molecule has 108 valence electrons. The zero-order valence-corrected chi connectivity index (χ0v) is 10.5. The maximum atomic E-state index is 12.9. The second-order valence-electron chi connectivity index (χ2n) is 4.39. The molecule has 0 bridgehead atoms. The lowest BCUT2D eigenvalue weighted by Gasteiger charge is -2.31. The molecule has 0 amide bonds. The van der Waals surface area contributed by atoms with Gasteiger partial charge in [-0.2, -0.15) is 0 Å². The van der Waals surface area contributed by atoms with Crippen molar-refractivity contribution in [2.75, 3.05) is 26.2 Å². The first kappa shape index (κ1) is 15.6. The summed E-state index contributed by atoms with van der Waals surface area (Å²) < 4.78 is 30.5. The highest BCUT2D eigenvalue weighted by atomic mass is 19.3. The van der Waals surface area contributed by atoms with Crippen molar-refractivity contribution < 1.29 is 28.2 Å². The van der Waals surface area contributed by atoms with Gasteiger partial charge in [-0.25, -0.2) is 18.4 Å². The number of hydrogen-bond acceptors (Lipinski definition) is 4. The summed E-state index contributed by atoms with van der Waals surface area (Å²) in [4.78, 5) is 23.0. The zero-order valence-electron chi connectivity index (χ0n) is 10.5. The molecule has 1 fully saturated rings. The summed E-state index contributed by atoms with van der Waals surface area (Å²) in [7, 11) is 0. The van der Waals surface area contributed by atoms with Crippen molar-refractivity contribution in [3.8, 4) is 0 Å². The molecule has 1 aliphatic rings. The largest absolute Gasteiger partial charge is 0.478 e. The third-order valence-electron chi connectivity index (χ3n) is 2.81. The van der Waals surface area contributed by atoms with Gasteiger partial charge in [0.15, 0.2) is 0 Å². The molecule has 0 radical (unpaired) electrons. The summed E-state index contributed by atoms with van der Waals surface area (Å²) in [5.41, 5.74) is 0. The predicted octanol–water partition coefficient (Wildman–Crippen LogP) is 1.29. The highest BCUT2D eigenvalue weighted by molar-refractivity contribution is 5.90. The topological polar surface area (TPSA) is 66.8 Å². The number of likely N-dealkylation sites (tertiary alicyclic amines) is 1. The molecular formula is C12H17F2NO4. The Hall–Kier alpha value is -1.50. The number of aliphatic carboxylic acids is 1. The van der Waals surface area contributed by atoms with E-state index in [0.717, 1.165) is 6.08 Å². The van der Waals surface area contributed by atoms with E-state index in [2.05, 4.69) is 0 Å². The van der Waals surface area contributed by atoms with Gasteiger partial charge in [0.05, 0.1) is 6.61 Å². The second kappa shape index (κ2) is 7.18. The molecule has 0 aromatic heterocycles. The minimum absolute atomic E-state index is 0.131. The van der Waals surface area contributed by atoms with Gasteiger partial charge in [0.2, 0.25) is 0 Å². The predicted molar refractivity (Wildman–Crippen MR) is 63.0 cm³/mol. The first-order chi connectivity index (χ1) is 8.89. The third kappa shape index (κ3) is 6.85. The lowest BCUT2D eigenvalue weighted by atomic mass is 10.1. The average Bonchev–Trinajstić information content (AvgIpc) is 2.34. The molecular weight excluding hydrogens is 260 g/mol. The van der Waals surface area contributed by atoms with Gasteiger partial charge in [-0.15, -0.1) is 0 Å². The number of ether oxygens (including phenoxy) is 1. The minimum atomic E-state index is -2.55. The number of rotatable bonds is 6. The number of carbonyl (C=O) groups excluding carboxylic acids is 1. The molecule has 1 heterocycles. The Balaban J connectivity index is 2.08. The van der Waals surface area contributed by atoms with Gasteiger partial charge in [-0.1, -0.05) is 0 Å². The summed E-state index contributed by atoms with van der Waals surface area (Å²) in [6.45, 7) is 1.43. The number of carboxylic acids is 1. The van der Waals surface area contributed by atoms with Crippen molar-refractivity contribution in [1.82, 2.24) is 4.90 Å². The molecule has 0 atom stereocenters. The minimum Gasteiger partial charge on any atom is -0.478 e. The molecule has 19 heavy (non-hydrogen) atoms. The van der Waals surface area contributed by atoms with Crippen LogP contribution in [0, 0.1) is 0 Å². The van der Waals surface area contributed by atoms with Gasteiger partial charge >= 0.3 is 11.9 Å². The standard InChI is InChI=1S/C12H17F2NO4/c13-12(14)4-7-15(8-5-12)6-1-9-19-11(18)3-2-10(16)17/h2-3H,1,4-9H2,(H,16,17)/b3-2+. The maximum absolute atomic E-state index is 12.9. The molecule has 0 aliphatic carbocycles. The molecule has 0 saturated carbocycles. The molecule has 1 N–H and O–H groups in total. The van der Waals surface area contributed by atoms with E-state index in [9.17, 15) is 18.4 Å². The monoisotopic (exact) mass is 277 g/mol. The van der Waals surface area contributed by atoms with Crippen LogP contribution >= 0.6 is 0 Å². The third-order valence-corrected chi connectivity index (χ3v) is 2.81. The van der Waals surface area contributed by atoms with Crippen molar-refractivity contribution in [3.63, 3.8) is 0 Å². The summed E-state index contributed by atoms with van der Waals surface area (Å²) >= 11 is 0. The van der Waals surface area contributed by atoms with E-state index in [4.69, 9.17) is 9.84 Å². The fraction of sp³-hybridized carbons (Fsp3) is 0.667. The quantitative estimate of drug-likeness (QED) is 0.450. The van der Waals surface area contributed by atoms with Crippen molar-refractivity contribution in [3.05, 3.63) is 12.2 Å².